The molecule has 9 nitrogen and oxygen atoms in total. The van der Waals surface area contributed by atoms with Crippen LogP contribution in [0.3, 0.4) is 0 Å². The van der Waals surface area contributed by atoms with Crippen LogP contribution >= 0.6 is 7.37 Å². The molecule has 2 N–H and O–H groups in total. The van der Waals surface area contributed by atoms with Gasteiger partial charge in [-0.1, -0.05) is 24.3 Å². The first kappa shape index (κ1) is 24.3. The summed E-state index contributed by atoms with van der Waals surface area (Å²) in [6.07, 6.45) is 4.31. The summed E-state index contributed by atoms with van der Waals surface area (Å²) in [7, 11) is -2.98. The number of H-pyrrole nitrogens is 1. The molecule has 4 rings (SSSR count). The van der Waals surface area contributed by atoms with Crippen LogP contribution in [0.1, 0.15) is 34.5 Å². The van der Waals surface area contributed by atoms with Crippen LogP contribution in [0.2, 0.25) is 0 Å². The predicted octanol–water partition coefficient (Wildman–Crippen LogP) is 3.18. The van der Waals surface area contributed by atoms with E-state index in [0.717, 1.165) is 0 Å². The molecule has 0 bridgehead atoms. The zero-order valence-corrected chi connectivity index (χ0v) is 19.9. The molecule has 1 unspecified atom stereocenters. The Morgan fingerprint density at radius 3 is 2.40 bits per heavy atom. The van der Waals surface area contributed by atoms with E-state index in [-0.39, 0.29) is 11.5 Å². The van der Waals surface area contributed by atoms with E-state index < -0.39 is 30.7 Å². The number of nitrogens with one attached hydrogen (secondary N) is 2. The zero-order valence-electron chi connectivity index (χ0n) is 19.0. The maximum atomic E-state index is 13.6. The van der Waals surface area contributed by atoms with Crippen LogP contribution in [0, 0.1) is 5.82 Å². The molecule has 0 aliphatic rings. The fourth-order valence-corrected chi connectivity index (χ4v) is 4.87. The Kier molecular flexibility index (Phi) is 7.04. The molecule has 4 aromatic rings. The van der Waals surface area contributed by atoms with E-state index in [9.17, 15) is 18.5 Å². The lowest BCUT2D eigenvalue weighted by Crippen LogP contribution is -2.34. The fraction of sp³-hybridized carbons (Fsp3) is 0.167. The Labute approximate surface area is 200 Å². The molecule has 35 heavy (non-hydrogen) atoms. The summed E-state index contributed by atoms with van der Waals surface area (Å²) in [6.45, 7) is 3.62. The van der Waals surface area contributed by atoms with Crippen LogP contribution in [0.4, 0.5) is 4.39 Å². The summed E-state index contributed by atoms with van der Waals surface area (Å²) in [5.41, 5.74) is 0.399. The highest BCUT2D eigenvalue weighted by Gasteiger charge is 2.23. The van der Waals surface area contributed by atoms with Crippen molar-refractivity contribution in [1.29, 1.82) is 0 Å². The van der Waals surface area contributed by atoms with E-state index in [1.54, 1.807) is 55.6 Å². The predicted molar refractivity (Wildman–Crippen MR) is 129 cm³/mol. The molecule has 2 heterocycles. The van der Waals surface area contributed by atoms with Crippen molar-refractivity contribution in [2.75, 3.05) is 13.3 Å². The van der Waals surface area contributed by atoms with Gasteiger partial charge in [0.25, 0.3) is 11.5 Å². The van der Waals surface area contributed by atoms with Gasteiger partial charge in [-0.05, 0) is 48.4 Å². The Bertz CT molecular complexity index is 1420. The fourth-order valence-electron chi connectivity index (χ4n) is 3.54. The number of halogens is 1. The number of aromatic nitrogens is 4. The third kappa shape index (κ3) is 5.45. The van der Waals surface area contributed by atoms with Gasteiger partial charge in [-0.15, -0.1) is 0 Å². The lowest BCUT2D eigenvalue weighted by Gasteiger charge is -2.21. The van der Waals surface area contributed by atoms with Gasteiger partial charge < -0.3 is 9.84 Å². The van der Waals surface area contributed by atoms with Crippen molar-refractivity contribution in [3.05, 3.63) is 106 Å². The molecular weight excluding hydrogens is 472 g/mol. The van der Waals surface area contributed by atoms with Crippen LogP contribution in [0.5, 0.6) is 0 Å². The minimum atomic E-state index is -2.98. The lowest BCUT2D eigenvalue weighted by atomic mass is 9.98. The van der Waals surface area contributed by atoms with Gasteiger partial charge in [0.05, 0.1) is 12.6 Å². The van der Waals surface area contributed by atoms with Gasteiger partial charge >= 0.3 is 0 Å². The van der Waals surface area contributed by atoms with Crippen LogP contribution in [0.25, 0.3) is 5.95 Å². The normalized spacial score (nSPS) is 13.7. The highest BCUT2D eigenvalue weighted by atomic mass is 31.2. The zero-order chi connectivity index (χ0) is 25.0. The van der Waals surface area contributed by atoms with Crippen LogP contribution in [-0.2, 0) is 9.09 Å². The Morgan fingerprint density at radius 1 is 1.17 bits per heavy atom. The first-order chi connectivity index (χ1) is 16.8. The Balaban J connectivity index is 1.65. The number of benzene rings is 2. The van der Waals surface area contributed by atoms with E-state index >= 15 is 0 Å². The summed E-state index contributed by atoms with van der Waals surface area (Å²) in [5.74, 6) is -0.923. The molecule has 180 valence electrons. The first-order valence-corrected chi connectivity index (χ1v) is 12.8. The number of rotatable bonds is 8. The van der Waals surface area contributed by atoms with Gasteiger partial charge in [0, 0.05) is 30.6 Å². The molecule has 0 aliphatic heterocycles. The van der Waals surface area contributed by atoms with Crippen LogP contribution in [0.15, 0.2) is 78.0 Å². The minimum Gasteiger partial charge on any atom is -0.341 e. The van der Waals surface area contributed by atoms with Crippen molar-refractivity contribution in [1.82, 2.24) is 25.1 Å². The number of nitrogens with zero attached hydrogens (tertiary/aromatic N) is 3. The molecule has 0 fully saturated rings. The van der Waals surface area contributed by atoms with Crippen molar-refractivity contribution in [2.24, 2.45) is 0 Å². The van der Waals surface area contributed by atoms with Gasteiger partial charge in [0.1, 0.15) is 11.4 Å². The first-order valence-electron chi connectivity index (χ1n) is 10.8. The molecule has 11 heteroatoms. The summed E-state index contributed by atoms with van der Waals surface area (Å²) in [6, 6.07) is 13.4. The van der Waals surface area contributed by atoms with E-state index in [0.29, 0.717) is 23.0 Å². The SMILES string of the molecule is CCOP(C)(=O)c1ccc([C@@H](NC(=O)c2cnc(-n3cccn3)[nH]c2=O)c2ccc(F)cc2)cc1. The molecule has 0 radical (unpaired) electrons. The van der Waals surface area contributed by atoms with Gasteiger partial charge in [0.15, 0.2) is 0 Å². The van der Waals surface area contributed by atoms with Crippen molar-refractivity contribution >= 4 is 18.6 Å². The maximum Gasteiger partial charge on any atom is 0.265 e. The molecule has 2 aromatic carbocycles. The molecule has 2 atom stereocenters. The largest absolute Gasteiger partial charge is 0.341 e. The smallest absolute Gasteiger partial charge is 0.265 e. The minimum absolute atomic E-state index is 0.167. The summed E-state index contributed by atoms with van der Waals surface area (Å²) >= 11 is 0. The quantitative estimate of drug-likeness (QED) is 0.363. The van der Waals surface area contributed by atoms with E-state index in [1.165, 1.54) is 35.9 Å². The topological polar surface area (TPSA) is 119 Å². The van der Waals surface area contributed by atoms with E-state index in [2.05, 4.69) is 20.4 Å². The van der Waals surface area contributed by atoms with E-state index in [4.69, 9.17) is 4.52 Å². The summed E-state index contributed by atoms with van der Waals surface area (Å²) in [5, 5.41) is 7.35. The molecule has 0 saturated carbocycles. The van der Waals surface area contributed by atoms with Gasteiger partial charge in [0.2, 0.25) is 13.3 Å². The average Bonchev–Trinajstić information content (AvgIpc) is 3.38. The summed E-state index contributed by atoms with van der Waals surface area (Å²) in [4.78, 5) is 32.3. The number of hydrogen-bond donors (Lipinski definition) is 2. The second-order valence-electron chi connectivity index (χ2n) is 7.71. The number of amides is 1. The lowest BCUT2D eigenvalue weighted by molar-refractivity contribution is 0.0941. The standard InChI is InChI=1S/C24H23FN5O4P/c1-3-34-35(2,33)19-11-7-17(8-12-19)21(16-5-9-18(25)10-6-16)28-22(31)20-15-26-24(29-23(20)32)30-14-4-13-27-30/h4-15,21H,3H2,1-2H3,(H,28,31)(H,26,29,32)/t21-,35?/m0/s1. The molecule has 1 amide bonds. The van der Waals surface area contributed by atoms with Gasteiger partial charge in [-0.25, -0.2) is 14.1 Å². The monoisotopic (exact) mass is 495 g/mol. The Morgan fingerprint density at radius 2 is 1.83 bits per heavy atom. The van der Waals surface area contributed by atoms with Gasteiger partial charge in [-0.3, -0.25) is 19.1 Å². The number of carbonyl (C=O) groups excluding carboxylic acids is 1. The van der Waals surface area contributed by atoms with Crippen LogP contribution in [-0.4, -0.2) is 38.9 Å². The third-order valence-electron chi connectivity index (χ3n) is 5.30. The molecule has 2 aromatic heterocycles. The van der Waals surface area contributed by atoms with Crippen molar-refractivity contribution in [2.45, 2.75) is 13.0 Å². The molecule has 0 saturated heterocycles. The number of hydrogen-bond acceptors (Lipinski definition) is 6. The third-order valence-corrected chi connectivity index (χ3v) is 7.29. The average molecular weight is 495 g/mol. The Hall–Kier alpha value is -3.88. The van der Waals surface area contributed by atoms with Crippen molar-refractivity contribution in [3.63, 3.8) is 0 Å². The number of aromatic amines is 1. The van der Waals surface area contributed by atoms with Crippen molar-refractivity contribution < 1.29 is 18.3 Å². The van der Waals surface area contributed by atoms with Gasteiger partial charge in [-0.2, -0.15) is 5.10 Å². The molecule has 0 spiro atoms. The maximum absolute atomic E-state index is 13.6. The summed E-state index contributed by atoms with van der Waals surface area (Å²) < 4.78 is 33.0. The highest BCUT2D eigenvalue weighted by Crippen LogP contribution is 2.41. The number of carbonyl (C=O) groups is 1. The second kappa shape index (κ2) is 10.2. The van der Waals surface area contributed by atoms with Crippen LogP contribution < -0.4 is 16.2 Å². The van der Waals surface area contributed by atoms with Crippen molar-refractivity contribution in [3.8, 4) is 5.95 Å². The second-order valence-corrected chi connectivity index (χ2v) is 10.2. The molecule has 0 aliphatic carbocycles. The highest BCUT2D eigenvalue weighted by molar-refractivity contribution is 7.66. The van der Waals surface area contributed by atoms with E-state index in [1.807, 2.05) is 0 Å². The molecular formula is C24H23FN5O4P.